The van der Waals surface area contributed by atoms with Crippen molar-refractivity contribution in [3.05, 3.63) is 23.8 Å². The van der Waals surface area contributed by atoms with E-state index in [0.717, 1.165) is 0 Å². The van der Waals surface area contributed by atoms with Gasteiger partial charge >= 0.3 is 0 Å². The second-order valence-electron chi connectivity index (χ2n) is 5.02. The molecule has 0 aliphatic rings. The number of nitrogens with zero attached hydrogens (tertiary/aromatic N) is 2. The van der Waals surface area contributed by atoms with Gasteiger partial charge in [0.25, 0.3) is 5.91 Å². The van der Waals surface area contributed by atoms with E-state index in [1.807, 2.05) is 13.8 Å². The minimum atomic E-state index is -0.151. The van der Waals surface area contributed by atoms with Crippen molar-refractivity contribution in [1.82, 2.24) is 4.90 Å². The van der Waals surface area contributed by atoms with Crippen LogP contribution in [0.5, 0.6) is 0 Å². The van der Waals surface area contributed by atoms with Gasteiger partial charge < -0.3 is 15.5 Å². The van der Waals surface area contributed by atoms with Gasteiger partial charge in [-0.15, -0.1) is 0 Å². The van der Waals surface area contributed by atoms with Crippen molar-refractivity contribution in [2.45, 2.75) is 13.8 Å². The van der Waals surface area contributed by atoms with Crippen LogP contribution in [0.3, 0.4) is 0 Å². The molecule has 2 amide bonds. The summed E-state index contributed by atoms with van der Waals surface area (Å²) in [5.41, 5.74) is 7.39. The number of hydrogen-bond acceptors (Lipinski definition) is 3. The number of hydrogen-bond donors (Lipinski definition) is 1. The molecule has 0 aliphatic carbocycles. The first-order valence-electron chi connectivity index (χ1n) is 6.14. The average Bonchev–Trinajstić information content (AvgIpc) is 2.35. The highest BCUT2D eigenvalue weighted by molar-refractivity contribution is 6.01. The summed E-state index contributed by atoms with van der Waals surface area (Å²) in [5, 5.41) is 0. The molecule has 0 fully saturated rings. The monoisotopic (exact) mass is 263 g/mol. The molecule has 0 atom stereocenters. The average molecular weight is 263 g/mol. The summed E-state index contributed by atoms with van der Waals surface area (Å²) in [6, 6.07) is 5.03. The zero-order chi connectivity index (χ0) is 14.7. The van der Waals surface area contributed by atoms with E-state index in [9.17, 15) is 9.59 Å². The Morgan fingerprint density at radius 2 is 1.74 bits per heavy atom. The number of nitrogens with two attached hydrogens (primary N) is 1. The summed E-state index contributed by atoms with van der Waals surface area (Å²) in [6.07, 6.45) is 0. The SMILES string of the molecule is CC(C)C(=O)N(C)c1ccc(C(=O)N(C)C)c(N)c1. The third-order valence-corrected chi connectivity index (χ3v) is 2.88. The van der Waals surface area contributed by atoms with Crippen LogP contribution in [0.15, 0.2) is 18.2 Å². The smallest absolute Gasteiger partial charge is 0.255 e. The minimum Gasteiger partial charge on any atom is -0.398 e. The number of nitrogen functional groups attached to an aromatic ring is 1. The molecule has 1 rings (SSSR count). The van der Waals surface area contributed by atoms with Crippen molar-refractivity contribution in [2.75, 3.05) is 31.8 Å². The van der Waals surface area contributed by atoms with Crippen LogP contribution in [0, 0.1) is 5.92 Å². The van der Waals surface area contributed by atoms with Crippen LogP contribution < -0.4 is 10.6 Å². The largest absolute Gasteiger partial charge is 0.398 e. The molecule has 1 aromatic carbocycles. The second-order valence-corrected chi connectivity index (χ2v) is 5.02. The van der Waals surface area contributed by atoms with Gasteiger partial charge in [0.05, 0.1) is 5.56 Å². The number of carbonyl (C=O) groups is 2. The molecule has 0 unspecified atom stereocenters. The number of anilines is 2. The van der Waals surface area contributed by atoms with E-state index in [2.05, 4.69) is 0 Å². The summed E-state index contributed by atoms with van der Waals surface area (Å²) in [7, 11) is 5.04. The molecule has 0 bridgehead atoms. The van der Waals surface area contributed by atoms with E-state index in [1.165, 1.54) is 4.90 Å². The highest BCUT2D eigenvalue weighted by Crippen LogP contribution is 2.22. The Morgan fingerprint density at radius 3 is 2.16 bits per heavy atom. The van der Waals surface area contributed by atoms with E-state index >= 15 is 0 Å². The van der Waals surface area contributed by atoms with Crippen molar-refractivity contribution >= 4 is 23.2 Å². The summed E-state index contributed by atoms with van der Waals surface area (Å²) in [6.45, 7) is 3.68. The Hall–Kier alpha value is -2.04. The fraction of sp³-hybridized carbons (Fsp3) is 0.429. The lowest BCUT2D eigenvalue weighted by atomic mass is 10.1. The quantitative estimate of drug-likeness (QED) is 0.842. The van der Waals surface area contributed by atoms with Crippen molar-refractivity contribution in [3.8, 4) is 0 Å². The van der Waals surface area contributed by atoms with E-state index < -0.39 is 0 Å². The maximum absolute atomic E-state index is 11.9. The van der Waals surface area contributed by atoms with Gasteiger partial charge in [0.2, 0.25) is 5.91 Å². The number of benzene rings is 1. The fourth-order valence-corrected chi connectivity index (χ4v) is 1.71. The van der Waals surface area contributed by atoms with Gasteiger partial charge in [0, 0.05) is 38.4 Å². The van der Waals surface area contributed by atoms with E-state index in [4.69, 9.17) is 5.73 Å². The number of carbonyl (C=O) groups excluding carboxylic acids is 2. The van der Waals surface area contributed by atoms with Gasteiger partial charge in [-0.05, 0) is 18.2 Å². The lowest BCUT2D eigenvalue weighted by molar-refractivity contribution is -0.121. The molecule has 104 valence electrons. The molecule has 0 aromatic heterocycles. The molecular weight excluding hydrogens is 242 g/mol. The van der Waals surface area contributed by atoms with E-state index in [-0.39, 0.29) is 17.7 Å². The van der Waals surface area contributed by atoms with Crippen LogP contribution >= 0.6 is 0 Å². The highest BCUT2D eigenvalue weighted by atomic mass is 16.2. The van der Waals surface area contributed by atoms with E-state index in [0.29, 0.717) is 16.9 Å². The molecule has 2 N–H and O–H groups in total. The maximum Gasteiger partial charge on any atom is 0.255 e. The van der Waals surface area contributed by atoms with Gasteiger partial charge in [-0.2, -0.15) is 0 Å². The molecule has 0 saturated heterocycles. The molecule has 0 heterocycles. The van der Waals surface area contributed by atoms with Crippen LogP contribution in [0.4, 0.5) is 11.4 Å². The third-order valence-electron chi connectivity index (χ3n) is 2.88. The summed E-state index contributed by atoms with van der Waals surface area (Å²) in [4.78, 5) is 26.8. The molecule has 0 aliphatic heterocycles. The fourth-order valence-electron chi connectivity index (χ4n) is 1.71. The molecule has 0 radical (unpaired) electrons. The van der Waals surface area contributed by atoms with Gasteiger partial charge in [0.15, 0.2) is 0 Å². The van der Waals surface area contributed by atoms with Crippen LogP contribution in [-0.4, -0.2) is 37.9 Å². The first-order chi connectivity index (χ1) is 8.75. The summed E-state index contributed by atoms with van der Waals surface area (Å²) < 4.78 is 0. The van der Waals surface area contributed by atoms with Gasteiger partial charge in [-0.3, -0.25) is 9.59 Å². The van der Waals surface area contributed by atoms with Crippen molar-refractivity contribution < 1.29 is 9.59 Å². The molecule has 0 spiro atoms. The molecular formula is C14H21N3O2. The Labute approximate surface area is 114 Å². The summed E-state index contributed by atoms with van der Waals surface area (Å²) in [5.74, 6) is -0.234. The van der Waals surface area contributed by atoms with Crippen molar-refractivity contribution in [3.63, 3.8) is 0 Å². The molecule has 1 aromatic rings. The molecule has 5 nitrogen and oxygen atoms in total. The van der Waals surface area contributed by atoms with Gasteiger partial charge in [-0.1, -0.05) is 13.8 Å². The maximum atomic E-state index is 11.9. The number of rotatable bonds is 3. The Balaban J connectivity index is 3.07. The zero-order valence-corrected chi connectivity index (χ0v) is 12.1. The Kier molecular flexibility index (Phi) is 4.53. The molecule has 19 heavy (non-hydrogen) atoms. The van der Waals surface area contributed by atoms with Crippen LogP contribution in [0.2, 0.25) is 0 Å². The van der Waals surface area contributed by atoms with Crippen LogP contribution in [-0.2, 0) is 4.79 Å². The van der Waals surface area contributed by atoms with Crippen molar-refractivity contribution in [2.24, 2.45) is 5.92 Å². The number of amides is 2. The standard InChI is InChI=1S/C14H21N3O2/c1-9(2)13(18)17(5)10-6-7-11(12(15)8-10)14(19)16(3)4/h6-9H,15H2,1-5H3. The summed E-state index contributed by atoms with van der Waals surface area (Å²) >= 11 is 0. The van der Waals surface area contributed by atoms with Gasteiger partial charge in [-0.25, -0.2) is 0 Å². The van der Waals surface area contributed by atoms with Crippen LogP contribution in [0.25, 0.3) is 0 Å². The Morgan fingerprint density at radius 1 is 1.16 bits per heavy atom. The topological polar surface area (TPSA) is 66.6 Å². The molecule has 5 heteroatoms. The van der Waals surface area contributed by atoms with Crippen molar-refractivity contribution in [1.29, 1.82) is 0 Å². The first-order valence-corrected chi connectivity index (χ1v) is 6.14. The normalized spacial score (nSPS) is 10.4. The molecule has 0 saturated carbocycles. The first kappa shape index (κ1) is 15.0. The lowest BCUT2D eigenvalue weighted by Gasteiger charge is -2.21. The van der Waals surface area contributed by atoms with Crippen LogP contribution in [0.1, 0.15) is 24.2 Å². The predicted octanol–water partition coefficient (Wildman–Crippen LogP) is 1.59. The minimum absolute atomic E-state index is 0.00564. The zero-order valence-electron chi connectivity index (χ0n) is 12.1. The lowest BCUT2D eigenvalue weighted by Crippen LogP contribution is -2.30. The third kappa shape index (κ3) is 3.24. The highest BCUT2D eigenvalue weighted by Gasteiger charge is 2.17. The Bertz CT molecular complexity index is 495. The second kappa shape index (κ2) is 5.73. The van der Waals surface area contributed by atoms with E-state index in [1.54, 1.807) is 44.2 Å². The predicted molar refractivity (Wildman–Crippen MR) is 77.1 cm³/mol. The van der Waals surface area contributed by atoms with Gasteiger partial charge in [0.1, 0.15) is 0 Å².